The Morgan fingerprint density at radius 2 is 0.550 bits per heavy atom. The molecule has 6 nitrogen and oxygen atoms in total. The molecule has 15 aromatic rings. The summed E-state index contributed by atoms with van der Waals surface area (Å²) in [7, 11) is 0. The smallest absolute Gasteiger partial charge is 0.164 e. The zero-order valence-corrected chi connectivity index (χ0v) is 43.4. The zero-order valence-electron chi connectivity index (χ0n) is 43.4. The largest absolute Gasteiger partial charge is 0.309 e. The van der Waals surface area contributed by atoms with Crippen LogP contribution >= 0.6 is 0 Å². The topological polar surface area (TPSA) is 61.4 Å². The van der Waals surface area contributed by atoms with Crippen LogP contribution in [-0.2, 0) is 0 Å². The lowest BCUT2D eigenvalue weighted by Gasteiger charge is -2.21. The molecule has 0 radical (unpaired) electrons. The van der Waals surface area contributed by atoms with Gasteiger partial charge in [-0.25, -0.2) is 19.9 Å². The second-order valence-corrected chi connectivity index (χ2v) is 20.2. The lowest BCUT2D eigenvalue weighted by molar-refractivity contribution is 1.07. The van der Waals surface area contributed by atoms with E-state index in [0.717, 1.165) is 117 Å². The molecule has 4 heterocycles. The SMILES string of the molecule is c1ccc(-c2cc(-c3c(-c4ccc5c(c4)c4ccccc4n5-c4ccccc4)cc(-c4nc(-c5ccccc5)nc(-c5ccccc5)n4)cc3-c3ccc4c(c3)c3ccccc3n4-c3ccccc3)cc(-c3ccccc3)n2)cc1. The van der Waals surface area contributed by atoms with Gasteiger partial charge in [0.05, 0.1) is 33.5 Å². The molecular formula is C74H48N6. The van der Waals surface area contributed by atoms with Gasteiger partial charge in [0.25, 0.3) is 0 Å². The van der Waals surface area contributed by atoms with Crippen LogP contribution in [0.3, 0.4) is 0 Å². The summed E-state index contributed by atoms with van der Waals surface area (Å²) in [6.07, 6.45) is 0. The number of hydrogen-bond acceptors (Lipinski definition) is 4. The summed E-state index contributed by atoms with van der Waals surface area (Å²) in [5.41, 5.74) is 19.5. The fourth-order valence-electron chi connectivity index (χ4n) is 11.7. The van der Waals surface area contributed by atoms with Crippen LogP contribution in [0.2, 0.25) is 0 Å². The van der Waals surface area contributed by atoms with Crippen LogP contribution in [0.1, 0.15) is 0 Å². The number of fused-ring (bicyclic) bond motifs is 6. The molecule has 0 N–H and O–H groups in total. The maximum atomic E-state index is 5.43. The first-order chi connectivity index (χ1) is 39.7. The summed E-state index contributed by atoms with van der Waals surface area (Å²) in [6.45, 7) is 0. The highest BCUT2D eigenvalue weighted by atomic mass is 15.0. The van der Waals surface area contributed by atoms with E-state index in [-0.39, 0.29) is 0 Å². The molecule has 0 atom stereocenters. The molecule has 0 aliphatic rings. The first kappa shape index (κ1) is 46.5. The van der Waals surface area contributed by atoms with Crippen molar-refractivity contribution in [2.75, 3.05) is 0 Å². The number of pyridine rings is 1. The van der Waals surface area contributed by atoms with E-state index in [9.17, 15) is 0 Å². The molecule has 15 rings (SSSR count). The van der Waals surface area contributed by atoms with Crippen molar-refractivity contribution in [1.82, 2.24) is 29.1 Å². The lowest BCUT2D eigenvalue weighted by atomic mass is 9.84. The highest BCUT2D eigenvalue weighted by Crippen LogP contribution is 2.47. The number of para-hydroxylation sites is 4. The monoisotopic (exact) mass is 1020 g/mol. The van der Waals surface area contributed by atoms with Crippen LogP contribution in [0.25, 0.3) is 145 Å². The van der Waals surface area contributed by atoms with Crippen molar-refractivity contribution >= 4 is 43.6 Å². The standard InChI is InChI=1S/C74H48N6/c1-7-23-49(24-8-1)65-47-55(48-66(75-65)50-25-9-2-10-26-50)71-61(53-39-41-69-63(43-53)59-35-19-21-37-67(59)79(69)57-31-15-5-16-32-57)45-56(74-77-72(51-27-11-3-12-28-51)76-73(78-74)52-29-13-4-14-30-52)46-62(71)54-40-42-70-64(44-54)60-36-20-22-38-68(60)80(70)58-33-17-6-18-34-58/h1-48H. The minimum absolute atomic E-state index is 0.569. The van der Waals surface area contributed by atoms with Crippen LogP contribution in [-0.4, -0.2) is 29.1 Å². The minimum Gasteiger partial charge on any atom is -0.309 e. The van der Waals surface area contributed by atoms with E-state index >= 15 is 0 Å². The van der Waals surface area contributed by atoms with Crippen LogP contribution in [0.15, 0.2) is 291 Å². The molecule has 0 bridgehead atoms. The molecule has 0 aliphatic heterocycles. The van der Waals surface area contributed by atoms with Gasteiger partial charge >= 0.3 is 0 Å². The van der Waals surface area contributed by atoms with Gasteiger partial charge in [-0.3, -0.25) is 0 Å². The Bertz CT molecular complexity index is 4490. The van der Waals surface area contributed by atoms with Gasteiger partial charge < -0.3 is 9.13 Å². The molecule has 4 aromatic heterocycles. The van der Waals surface area contributed by atoms with Gasteiger partial charge in [0.15, 0.2) is 17.5 Å². The number of rotatable bonds is 10. The highest BCUT2D eigenvalue weighted by Gasteiger charge is 2.24. The summed E-state index contributed by atoms with van der Waals surface area (Å²) in [5.74, 6) is 1.77. The van der Waals surface area contributed by atoms with Crippen LogP contribution in [0.4, 0.5) is 0 Å². The molecule has 0 saturated heterocycles. The van der Waals surface area contributed by atoms with E-state index in [1.165, 1.54) is 10.8 Å². The number of aromatic nitrogens is 6. The van der Waals surface area contributed by atoms with Crippen LogP contribution in [0.5, 0.6) is 0 Å². The molecule has 80 heavy (non-hydrogen) atoms. The molecule has 374 valence electrons. The Hall–Kier alpha value is -10.8. The van der Waals surface area contributed by atoms with Gasteiger partial charge in [-0.05, 0) is 118 Å². The molecule has 0 saturated carbocycles. The fraction of sp³-hybridized carbons (Fsp3) is 0. The molecule has 0 unspecified atom stereocenters. The van der Waals surface area contributed by atoms with Gasteiger partial charge in [0, 0.05) is 60.7 Å². The second kappa shape index (κ2) is 19.6. The van der Waals surface area contributed by atoms with Gasteiger partial charge in [0.1, 0.15) is 0 Å². The quantitative estimate of drug-likeness (QED) is 0.137. The maximum absolute atomic E-state index is 5.43. The molecule has 0 amide bonds. The third-order valence-corrected chi connectivity index (χ3v) is 15.3. The highest BCUT2D eigenvalue weighted by molar-refractivity contribution is 6.13. The lowest BCUT2D eigenvalue weighted by Crippen LogP contribution is -2.01. The third kappa shape index (κ3) is 8.22. The third-order valence-electron chi connectivity index (χ3n) is 15.3. The van der Waals surface area contributed by atoms with E-state index in [1.54, 1.807) is 0 Å². The van der Waals surface area contributed by atoms with E-state index < -0.39 is 0 Å². The van der Waals surface area contributed by atoms with E-state index in [2.05, 4.69) is 264 Å². The van der Waals surface area contributed by atoms with Crippen molar-refractivity contribution in [1.29, 1.82) is 0 Å². The molecule has 0 aliphatic carbocycles. The molecule has 6 heteroatoms. The first-order valence-corrected chi connectivity index (χ1v) is 27.0. The zero-order chi connectivity index (χ0) is 52.9. The average Bonchev–Trinajstić information content (AvgIpc) is 4.10. The summed E-state index contributed by atoms with van der Waals surface area (Å²) >= 11 is 0. The summed E-state index contributed by atoms with van der Waals surface area (Å²) < 4.78 is 4.75. The van der Waals surface area contributed by atoms with Crippen molar-refractivity contribution < 1.29 is 0 Å². The molecule has 11 aromatic carbocycles. The average molecular weight is 1020 g/mol. The molecular weight excluding hydrogens is 973 g/mol. The van der Waals surface area contributed by atoms with Crippen molar-refractivity contribution in [3.63, 3.8) is 0 Å². The van der Waals surface area contributed by atoms with Crippen molar-refractivity contribution in [3.05, 3.63) is 291 Å². The van der Waals surface area contributed by atoms with Crippen LogP contribution < -0.4 is 0 Å². The van der Waals surface area contributed by atoms with Gasteiger partial charge in [-0.15, -0.1) is 0 Å². The maximum Gasteiger partial charge on any atom is 0.164 e. The van der Waals surface area contributed by atoms with Crippen molar-refractivity contribution in [2.45, 2.75) is 0 Å². The summed E-state index contributed by atoms with van der Waals surface area (Å²) in [6, 6.07) is 103. The number of hydrogen-bond donors (Lipinski definition) is 0. The number of nitrogens with zero attached hydrogens (tertiary/aromatic N) is 6. The predicted octanol–water partition coefficient (Wildman–Crippen LogP) is 18.8. The van der Waals surface area contributed by atoms with E-state index in [4.69, 9.17) is 19.9 Å². The summed E-state index contributed by atoms with van der Waals surface area (Å²) in [4.78, 5) is 21.4. The second-order valence-electron chi connectivity index (χ2n) is 20.2. The van der Waals surface area contributed by atoms with Crippen molar-refractivity contribution in [2.24, 2.45) is 0 Å². The first-order valence-electron chi connectivity index (χ1n) is 27.0. The Kier molecular flexibility index (Phi) is 11.4. The Morgan fingerprint density at radius 3 is 0.963 bits per heavy atom. The normalized spacial score (nSPS) is 11.5. The molecule has 0 spiro atoms. The van der Waals surface area contributed by atoms with Gasteiger partial charge in [0.2, 0.25) is 0 Å². The van der Waals surface area contributed by atoms with Crippen molar-refractivity contribution in [3.8, 4) is 101 Å². The van der Waals surface area contributed by atoms with Gasteiger partial charge in [-0.1, -0.05) is 206 Å². The van der Waals surface area contributed by atoms with Crippen LogP contribution in [0, 0.1) is 0 Å². The molecule has 0 fully saturated rings. The Morgan fingerprint density at radius 1 is 0.212 bits per heavy atom. The van der Waals surface area contributed by atoms with E-state index in [1.807, 2.05) is 36.4 Å². The Balaban J connectivity index is 1.08. The van der Waals surface area contributed by atoms with Gasteiger partial charge in [-0.2, -0.15) is 0 Å². The fourth-order valence-corrected chi connectivity index (χ4v) is 11.7. The minimum atomic E-state index is 0.569. The Labute approximate surface area is 462 Å². The number of benzene rings is 11. The van der Waals surface area contributed by atoms with E-state index in [0.29, 0.717) is 17.5 Å². The summed E-state index contributed by atoms with van der Waals surface area (Å²) in [5, 5.41) is 4.64. The predicted molar refractivity (Wildman–Crippen MR) is 330 cm³/mol.